The Labute approximate surface area is 253 Å². The van der Waals surface area contributed by atoms with E-state index < -0.39 is 0 Å². The zero-order valence-electron chi connectivity index (χ0n) is 27.2. The third-order valence-corrected chi connectivity index (χ3v) is 10.0. The van der Waals surface area contributed by atoms with E-state index in [1.165, 1.54) is 73.2 Å². The zero-order chi connectivity index (χ0) is 30.0. The Balaban J connectivity index is 0.00000155. The van der Waals surface area contributed by atoms with E-state index in [9.17, 15) is 0 Å². The van der Waals surface area contributed by atoms with E-state index in [1.54, 1.807) is 11.1 Å². The molecule has 1 aromatic heterocycles. The summed E-state index contributed by atoms with van der Waals surface area (Å²) in [5.74, 6) is 0. The van der Waals surface area contributed by atoms with Crippen LogP contribution in [-0.2, 0) is 11.8 Å². The first kappa shape index (κ1) is 28.5. The van der Waals surface area contributed by atoms with Gasteiger partial charge in [-0.15, -0.1) is 0 Å². The van der Waals surface area contributed by atoms with Gasteiger partial charge in [0.2, 0.25) is 0 Å². The van der Waals surface area contributed by atoms with Crippen molar-refractivity contribution in [3.05, 3.63) is 117 Å². The van der Waals surface area contributed by atoms with Gasteiger partial charge in [0, 0.05) is 16.5 Å². The highest BCUT2D eigenvalue weighted by Crippen LogP contribution is 2.57. The second kappa shape index (κ2) is 10.3. The molecule has 0 saturated carbocycles. The smallest absolute Gasteiger partial charge is 0.0544 e. The molecule has 0 amide bonds. The Morgan fingerprint density at radius 1 is 0.738 bits per heavy atom. The van der Waals surface area contributed by atoms with Crippen molar-refractivity contribution in [1.82, 2.24) is 4.57 Å². The first-order valence-corrected chi connectivity index (χ1v) is 16.1. The molecule has 3 aromatic carbocycles. The normalized spacial score (nSPS) is 17.4. The summed E-state index contributed by atoms with van der Waals surface area (Å²) in [6, 6.07) is 25.0. The van der Waals surface area contributed by atoms with Crippen LogP contribution in [0.3, 0.4) is 0 Å². The Morgan fingerprint density at radius 2 is 1.43 bits per heavy atom. The summed E-state index contributed by atoms with van der Waals surface area (Å²) in [7, 11) is 0. The number of nitrogens with zero attached hydrogens (tertiary/aromatic N) is 1. The zero-order valence-corrected chi connectivity index (χ0v) is 27.2. The van der Waals surface area contributed by atoms with Gasteiger partial charge in [0.05, 0.1) is 11.2 Å². The van der Waals surface area contributed by atoms with E-state index in [-0.39, 0.29) is 10.8 Å². The second-order valence-corrected chi connectivity index (χ2v) is 13.8. The van der Waals surface area contributed by atoms with Crippen LogP contribution in [-0.4, -0.2) is 4.57 Å². The lowest BCUT2D eigenvalue weighted by Crippen LogP contribution is -2.20. The lowest BCUT2D eigenvalue weighted by atomic mass is 9.76. The van der Waals surface area contributed by atoms with Crippen molar-refractivity contribution in [2.45, 2.75) is 93.4 Å². The molecule has 216 valence electrons. The number of rotatable bonds is 2. The van der Waals surface area contributed by atoms with Gasteiger partial charge in [0.15, 0.2) is 0 Å². The van der Waals surface area contributed by atoms with Crippen LogP contribution >= 0.6 is 0 Å². The number of hydrogen-bond donors (Lipinski definition) is 0. The summed E-state index contributed by atoms with van der Waals surface area (Å²) < 4.78 is 2.59. The largest absolute Gasteiger partial charge is 0.309 e. The average molecular weight is 554 g/mol. The summed E-state index contributed by atoms with van der Waals surface area (Å²) in [6.45, 7) is 20.7. The first-order chi connectivity index (χ1) is 20.1. The van der Waals surface area contributed by atoms with Crippen LogP contribution in [0.2, 0.25) is 0 Å². The molecule has 0 aliphatic heterocycles. The third kappa shape index (κ3) is 4.19. The highest BCUT2D eigenvalue weighted by atomic mass is 15.0. The molecule has 0 spiro atoms. The summed E-state index contributed by atoms with van der Waals surface area (Å²) in [4.78, 5) is 0. The highest BCUT2D eigenvalue weighted by Gasteiger charge is 2.43. The molecule has 3 aliphatic rings. The molecule has 3 aliphatic carbocycles. The van der Waals surface area contributed by atoms with Crippen LogP contribution < -0.4 is 0 Å². The van der Waals surface area contributed by atoms with Gasteiger partial charge in [0.25, 0.3) is 0 Å². The average Bonchev–Trinajstić information content (AvgIpc) is 3.44. The van der Waals surface area contributed by atoms with E-state index in [2.05, 4.69) is 126 Å². The molecular formula is C41H47N. The SMILES string of the molecule is CC.CC1=C(c2ccc3c(c2C)c2c(n3-c3ccccc3)C3=C(CC2)c2ccccc2C3(C)C)C=C(C(C)(C)C)CC1. The monoisotopic (exact) mass is 553 g/mol. The molecule has 42 heavy (non-hydrogen) atoms. The Morgan fingerprint density at radius 3 is 2.14 bits per heavy atom. The van der Waals surface area contributed by atoms with Crippen molar-refractivity contribution >= 4 is 27.6 Å². The van der Waals surface area contributed by atoms with E-state index in [0.717, 1.165) is 19.3 Å². The van der Waals surface area contributed by atoms with E-state index in [0.29, 0.717) is 0 Å². The van der Waals surface area contributed by atoms with Crippen LogP contribution in [0, 0.1) is 12.3 Å². The molecule has 0 fully saturated rings. The van der Waals surface area contributed by atoms with Crippen LogP contribution in [0.15, 0.2) is 84.0 Å². The summed E-state index contributed by atoms with van der Waals surface area (Å²) in [6.07, 6.45) is 7.04. The summed E-state index contributed by atoms with van der Waals surface area (Å²) in [5.41, 5.74) is 19.1. The van der Waals surface area contributed by atoms with E-state index in [4.69, 9.17) is 0 Å². The number of aromatic nitrogens is 1. The summed E-state index contributed by atoms with van der Waals surface area (Å²) >= 11 is 0. The van der Waals surface area contributed by atoms with Crippen LogP contribution in [0.1, 0.15) is 108 Å². The Hall–Kier alpha value is -3.58. The van der Waals surface area contributed by atoms with Gasteiger partial charge in [-0.2, -0.15) is 0 Å². The van der Waals surface area contributed by atoms with E-state index in [1.807, 2.05) is 13.8 Å². The molecule has 0 unspecified atom stereocenters. The minimum Gasteiger partial charge on any atom is -0.309 e. The van der Waals surface area contributed by atoms with Crippen molar-refractivity contribution in [3.63, 3.8) is 0 Å². The molecule has 0 radical (unpaired) electrons. The van der Waals surface area contributed by atoms with Crippen molar-refractivity contribution in [1.29, 1.82) is 0 Å². The molecule has 0 atom stereocenters. The fraction of sp³-hybridized carbons (Fsp3) is 0.366. The molecular weight excluding hydrogens is 506 g/mol. The Bertz CT molecular complexity index is 1790. The number of benzene rings is 3. The maximum atomic E-state index is 2.59. The van der Waals surface area contributed by atoms with Gasteiger partial charge in [0.1, 0.15) is 0 Å². The maximum Gasteiger partial charge on any atom is 0.0544 e. The molecule has 1 heterocycles. The molecule has 0 bridgehead atoms. The number of aryl methyl sites for hydroxylation is 2. The predicted molar refractivity (Wildman–Crippen MR) is 183 cm³/mol. The molecule has 0 N–H and O–H groups in total. The number of hydrogen-bond acceptors (Lipinski definition) is 0. The fourth-order valence-electron chi connectivity index (χ4n) is 7.89. The van der Waals surface area contributed by atoms with Gasteiger partial charge in [-0.1, -0.05) is 114 Å². The fourth-order valence-corrected chi connectivity index (χ4v) is 7.89. The number of allylic oxidation sites excluding steroid dienone is 6. The third-order valence-electron chi connectivity index (χ3n) is 10.0. The Kier molecular flexibility index (Phi) is 7.00. The van der Waals surface area contributed by atoms with Crippen LogP contribution in [0.25, 0.3) is 33.3 Å². The molecule has 4 aromatic rings. The van der Waals surface area contributed by atoms with Crippen LogP contribution in [0.5, 0.6) is 0 Å². The number of fused-ring (bicyclic) bond motifs is 6. The molecule has 1 nitrogen and oxygen atoms in total. The van der Waals surface area contributed by atoms with Crippen LogP contribution in [0.4, 0.5) is 0 Å². The van der Waals surface area contributed by atoms with Gasteiger partial charge in [-0.05, 0) is 108 Å². The van der Waals surface area contributed by atoms with Crippen molar-refractivity contribution in [2.75, 3.05) is 0 Å². The number of para-hydroxylation sites is 1. The van der Waals surface area contributed by atoms with E-state index >= 15 is 0 Å². The van der Waals surface area contributed by atoms with Gasteiger partial charge < -0.3 is 4.57 Å². The van der Waals surface area contributed by atoms with Crippen molar-refractivity contribution < 1.29 is 0 Å². The minimum absolute atomic E-state index is 0.0361. The molecule has 0 saturated heterocycles. The quantitative estimate of drug-likeness (QED) is 0.233. The standard InChI is InChI=1S/C39H41N.C2H6/c1-24-17-18-26(38(3,4)5)23-32(24)28-21-22-34-35(25(28)2)31-20-19-30-29-15-11-12-16-33(29)39(6,7)36(30)37(31)40(34)27-13-9-8-10-14-27;1-2/h8-16,21-23H,17-20H2,1-7H3;1-2H3. The van der Waals surface area contributed by atoms with Gasteiger partial charge in [-0.3, -0.25) is 0 Å². The first-order valence-electron chi connectivity index (χ1n) is 16.1. The van der Waals surface area contributed by atoms with Gasteiger partial charge in [-0.25, -0.2) is 0 Å². The lowest BCUT2D eigenvalue weighted by Gasteiger charge is -2.29. The lowest BCUT2D eigenvalue weighted by molar-refractivity contribution is 0.480. The minimum atomic E-state index is -0.0361. The molecule has 7 rings (SSSR count). The summed E-state index contributed by atoms with van der Waals surface area (Å²) in [5, 5.41) is 1.46. The van der Waals surface area contributed by atoms with Crippen molar-refractivity contribution in [2.24, 2.45) is 5.41 Å². The molecule has 1 heteroatoms. The maximum absolute atomic E-state index is 2.59. The predicted octanol–water partition coefficient (Wildman–Crippen LogP) is 11.7. The van der Waals surface area contributed by atoms with Gasteiger partial charge >= 0.3 is 0 Å². The highest BCUT2D eigenvalue weighted by molar-refractivity contribution is 6.08. The van der Waals surface area contributed by atoms with Crippen molar-refractivity contribution in [3.8, 4) is 5.69 Å². The topological polar surface area (TPSA) is 4.93 Å². The second-order valence-electron chi connectivity index (χ2n) is 13.8.